The first-order chi connectivity index (χ1) is 19.3. The van der Waals surface area contributed by atoms with Gasteiger partial charge in [-0.15, -0.1) is 0 Å². The predicted molar refractivity (Wildman–Crippen MR) is 150 cm³/mol. The van der Waals surface area contributed by atoms with Crippen LogP contribution in [0.3, 0.4) is 0 Å². The number of carbonyl (C=O) groups is 1. The Balaban J connectivity index is 1.24. The van der Waals surface area contributed by atoms with Gasteiger partial charge in [0.1, 0.15) is 17.5 Å². The molecule has 8 heteroatoms. The van der Waals surface area contributed by atoms with E-state index in [4.69, 9.17) is 0 Å². The third-order valence-corrected chi connectivity index (χ3v) is 6.96. The van der Waals surface area contributed by atoms with E-state index in [1.165, 1.54) is 24.3 Å². The second-order valence-corrected chi connectivity index (χ2v) is 9.81. The van der Waals surface area contributed by atoms with Gasteiger partial charge in [0.25, 0.3) is 5.91 Å². The highest BCUT2D eigenvalue weighted by Crippen LogP contribution is 2.34. The van der Waals surface area contributed by atoms with Crippen molar-refractivity contribution in [2.24, 2.45) is 4.99 Å². The molecule has 0 fully saturated rings. The second kappa shape index (κ2) is 11.8. The van der Waals surface area contributed by atoms with Crippen LogP contribution >= 0.6 is 0 Å². The van der Waals surface area contributed by atoms with E-state index in [0.29, 0.717) is 36.3 Å². The maximum absolute atomic E-state index is 14.1. The van der Waals surface area contributed by atoms with E-state index < -0.39 is 23.8 Å². The van der Waals surface area contributed by atoms with Crippen LogP contribution in [0.5, 0.6) is 0 Å². The molecular formula is C32H28F3N3O2. The Kier molecular flexibility index (Phi) is 7.98. The van der Waals surface area contributed by atoms with Crippen molar-refractivity contribution in [3.63, 3.8) is 0 Å². The van der Waals surface area contributed by atoms with Gasteiger partial charge in [0, 0.05) is 35.8 Å². The number of fused-ring (bicyclic) bond motifs is 1. The number of halogens is 3. The summed E-state index contributed by atoms with van der Waals surface area (Å²) in [6.07, 6.45) is 0.310. The van der Waals surface area contributed by atoms with E-state index >= 15 is 0 Å². The third-order valence-electron chi connectivity index (χ3n) is 6.96. The van der Waals surface area contributed by atoms with Crippen LogP contribution in [0.2, 0.25) is 0 Å². The highest BCUT2D eigenvalue weighted by atomic mass is 19.1. The number of hydrogen-bond donors (Lipinski definition) is 3. The standard InChI is InChI=1S/C32H28F3N3O2/c1-19(36-15-14-20-2-9-24(33)10-3-20)37-26-12-8-23-16-30(39)31(28(23)18-26)38-32(40)22-6-4-21(5-7-22)27-13-11-25(34)17-29(27)35/h2-13,17-18,30-31,39H,14-16H2,1H3,(H,36,37)(H,38,40)/t30-,31-/m1/s1. The van der Waals surface area contributed by atoms with Crippen molar-refractivity contribution in [3.8, 4) is 11.1 Å². The van der Waals surface area contributed by atoms with Gasteiger partial charge in [-0.3, -0.25) is 9.79 Å². The number of aliphatic hydroxyl groups excluding tert-OH is 1. The molecule has 4 aromatic rings. The lowest BCUT2D eigenvalue weighted by atomic mass is 10.0. The number of rotatable bonds is 7. The van der Waals surface area contributed by atoms with Gasteiger partial charge in [0.2, 0.25) is 0 Å². The van der Waals surface area contributed by atoms with E-state index in [0.717, 1.165) is 28.4 Å². The normalized spacial score (nSPS) is 16.5. The van der Waals surface area contributed by atoms with Crippen molar-refractivity contribution in [2.75, 3.05) is 11.9 Å². The fourth-order valence-electron chi connectivity index (χ4n) is 4.87. The number of amides is 1. The summed E-state index contributed by atoms with van der Waals surface area (Å²) in [5.41, 5.74) is 4.64. The molecule has 0 radical (unpaired) electrons. The molecule has 1 aliphatic rings. The fraction of sp³-hybridized carbons (Fsp3) is 0.188. The molecule has 40 heavy (non-hydrogen) atoms. The van der Waals surface area contributed by atoms with Crippen LogP contribution in [-0.2, 0) is 12.8 Å². The molecule has 1 aliphatic carbocycles. The Bertz CT molecular complexity index is 1550. The Hall–Kier alpha value is -4.43. The number of benzene rings is 4. The van der Waals surface area contributed by atoms with Crippen molar-refractivity contribution in [1.82, 2.24) is 5.32 Å². The minimum Gasteiger partial charge on any atom is -0.390 e. The lowest BCUT2D eigenvalue weighted by Gasteiger charge is -2.19. The van der Waals surface area contributed by atoms with E-state index in [-0.39, 0.29) is 17.3 Å². The Morgan fingerprint density at radius 3 is 2.38 bits per heavy atom. The summed E-state index contributed by atoms with van der Waals surface area (Å²) in [7, 11) is 0. The molecule has 204 valence electrons. The molecule has 0 saturated heterocycles. The largest absolute Gasteiger partial charge is 0.390 e. The molecule has 0 aliphatic heterocycles. The lowest BCUT2D eigenvalue weighted by molar-refractivity contribution is 0.0858. The number of amidine groups is 1. The number of carbonyl (C=O) groups excluding carboxylic acids is 1. The van der Waals surface area contributed by atoms with Crippen LogP contribution in [0.15, 0.2) is 89.9 Å². The zero-order valence-electron chi connectivity index (χ0n) is 21.8. The van der Waals surface area contributed by atoms with Gasteiger partial charge in [0.15, 0.2) is 0 Å². The first-order valence-corrected chi connectivity index (χ1v) is 13.0. The Morgan fingerprint density at radius 1 is 0.925 bits per heavy atom. The molecule has 4 aromatic carbocycles. The molecule has 5 nitrogen and oxygen atoms in total. The Labute approximate surface area is 230 Å². The summed E-state index contributed by atoms with van der Waals surface area (Å²) in [6, 6.07) is 21.2. The number of nitrogens with zero attached hydrogens (tertiary/aromatic N) is 1. The van der Waals surface area contributed by atoms with Crippen molar-refractivity contribution in [3.05, 3.63) is 125 Å². The molecule has 0 heterocycles. The Morgan fingerprint density at radius 2 is 1.65 bits per heavy atom. The van der Waals surface area contributed by atoms with E-state index in [9.17, 15) is 23.1 Å². The minimum atomic E-state index is -0.785. The number of hydrogen-bond acceptors (Lipinski definition) is 3. The van der Waals surface area contributed by atoms with Gasteiger partial charge < -0.3 is 15.7 Å². The molecule has 0 aromatic heterocycles. The summed E-state index contributed by atoms with van der Waals surface area (Å²) >= 11 is 0. The number of aliphatic hydroxyl groups is 1. The summed E-state index contributed by atoms with van der Waals surface area (Å²) in [6.45, 7) is 2.40. The van der Waals surface area contributed by atoms with Gasteiger partial charge >= 0.3 is 0 Å². The molecule has 5 rings (SSSR count). The van der Waals surface area contributed by atoms with Gasteiger partial charge in [-0.2, -0.15) is 0 Å². The SMILES string of the molecule is CC(=NCCc1ccc(F)cc1)Nc1ccc2c(c1)[C@@H](NC(=O)c1ccc(-c3ccc(F)cc3F)cc1)[C@H](O)C2. The number of nitrogens with one attached hydrogen (secondary N) is 2. The van der Waals surface area contributed by atoms with E-state index in [2.05, 4.69) is 15.6 Å². The fourth-order valence-corrected chi connectivity index (χ4v) is 4.87. The second-order valence-electron chi connectivity index (χ2n) is 9.81. The van der Waals surface area contributed by atoms with Crippen LogP contribution in [-0.4, -0.2) is 29.5 Å². The molecule has 2 atom stereocenters. The van der Waals surface area contributed by atoms with Crippen LogP contribution < -0.4 is 10.6 Å². The quantitative estimate of drug-likeness (QED) is 0.191. The first kappa shape index (κ1) is 27.1. The topological polar surface area (TPSA) is 73.7 Å². The van der Waals surface area contributed by atoms with Gasteiger partial charge in [-0.1, -0.05) is 30.3 Å². The van der Waals surface area contributed by atoms with Crippen LogP contribution in [0, 0.1) is 17.5 Å². The molecular weight excluding hydrogens is 515 g/mol. The van der Waals surface area contributed by atoms with Crippen molar-refractivity contribution < 1.29 is 23.1 Å². The van der Waals surface area contributed by atoms with Crippen molar-refractivity contribution in [2.45, 2.75) is 31.9 Å². The molecule has 0 unspecified atom stereocenters. The van der Waals surface area contributed by atoms with Gasteiger partial charge in [0.05, 0.1) is 18.0 Å². The van der Waals surface area contributed by atoms with Gasteiger partial charge in [-0.25, -0.2) is 13.2 Å². The third kappa shape index (κ3) is 6.24. The highest BCUT2D eigenvalue weighted by Gasteiger charge is 2.32. The van der Waals surface area contributed by atoms with E-state index in [1.807, 2.05) is 25.1 Å². The van der Waals surface area contributed by atoms with Crippen LogP contribution in [0.1, 0.15) is 40.0 Å². The van der Waals surface area contributed by atoms with Crippen molar-refractivity contribution >= 4 is 17.4 Å². The number of anilines is 1. The molecule has 0 bridgehead atoms. The van der Waals surface area contributed by atoms with Gasteiger partial charge in [-0.05, 0) is 84.1 Å². The van der Waals surface area contributed by atoms with E-state index in [1.54, 1.807) is 36.4 Å². The molecule has 1 amide bonds. The lowest BCUT2D eigenvalue weighted by Crippen LogP contribution is -2.33. The maximum atomic E-state index is 14.1. The van der Waals surface area contributed by atoms with Crippen molar-refractivity contribution in [1.29, 1.82) is 0 Å². The van der Waals surface area contributed by atoms with Crippen LogP contribution in [0.25, 0.3) is 11.1 Å². The minimum absolute atomic E-state index is 0.239. The molecule has 0 saturated carbocycles. The summed E-state index contributed by atoms with van der Waals surface area (Å²) in [4.78, 5) is 17.6. The smallest absolute Gasteiger partial charge is 0.251 e. The summed E-state index contributed by atoms with van der Waals surface area (Å²) < 4.78 is 40.5. The first-order valence-electron chi connectivity index (χ1n) is 13.0. The zero-order valence-corrected chi connectivity index (χ0v) is 21.8. The predicted octanol–water partition coefficient (Wildman–Crippen LogP) is 6.23. The average Bonchev–Trinajstić information content (AvgIpc) is 3.24. The van der Waals surface area contributed by atoms with Crippen LogP contribution in [0.4, 0.5) is 18.9 Å². The summed E-state index contributed by atoms with van der Waals surface area (Å²) in [5.74, 6) is -1.27. The molecule has 0 spiro atoms. The zero-order chi connectivity index (χ0) is 28.2. The number of aliphatic imine (C=N–C) groups is 1. The highest BCUT2D eigenvalue weighted by molar-refractivity contribution is 5.95. The monoisotopic (exact) mass is 543 g/mol. The maximum Gasteiger partial charge on any atom is 0.251 e. The average molecular weight is 544 g/mol. The summed E-state index contributed by atoms with van der Waals surface area (Å²) in [5, 5.41) is 16.9. The molecule has 3 N–H and O–H groups in total.